The van der Waals surface area contributed by atoms with Crippen molar-refractivity contribution in [3.63, 3.8) is 0 Å². The van der Waals surface area contributed by atoms with Gasteiger partial charge in [0.25, 0.3) is 0 Å². The molecule has 2 fully saturated rings. The predicted octanol–water partition coefficient (Wildman–Crippen LogP) is 2.16. The summed E-state index contributed by atoms with van der Waals surface area (Å²) in [6.07, 6.45) is 0.724. The third kappa shape index (κ3) is 2.55. The maximum absolute atomic E-state index is 14.4. The lowest BCUT2D eigenvalue weighted by Gasteiger charge is -2.32. The Kier molecular flexibility index (Phi) is 3.78. The summed E-state index contributed by atoms with van der Waals surface area (Å²) in [6, 6.07) is 1.27. The Hall–Kier alpha value is -1.05. The minimum atomic E-state index is -1.09. The first-order chi connectivity index (χ1) is 10.2. The van der Waals surface area contributed by atoms with Crippen LogP contribution < -0.4 is 5.46 Å². The molecule has 0 radical (unpaired) electrons. The molecule has 2 aliphatic rings. The van der Waals surface area contributed by atoms with E-state index < -0.39 is 30.1 Å². The van der Waals surface area contributed by atoms with Crippen LogP contribution in [-0.4, -0.2) is 36.5 Å². The van der Waals surface area contributed by atoms with Gasteiger partial charge in [-0.2, -0.15) is 4.39 Å². The fourth-order valence-corrected chi connectivity index (χ4v) is 2.66. The summed E-state index contributed by atoms with van der Waals surface area (Å²) < 4.78 is 45.5. The van der Waals surface area contributed by atoms with Crippen molar-refractivity contribution in [2.45, 2.75) is 51.2 Å². The number of rotatable bonds is 2. The van der Waals surface area contributed by atoms with Gasteiger partial charge in [0.1, 0.15) is 5.82 Å². The third-order valence-electron chi connectivity index (χ3n) is 4.82. The van der Waals surface area contributed by atoms with E-state index in [4.69, 9.17) is 14.0 Å². The average molecular weight is 311 g/mol. The van der Waals surface area contributed by atoms with Gasteiger partial charge in [-0.1, -0.05) is 0 Å². The molecule has 120 valence electrons. The summed E-state index contributed by atoms with van der Waals surface area (Å²) in [7, 11) is -1.09. The van der Waals surface area contributed by atoms with Crippen molar-refractivity contribution in [2.24, 2.45) is 0 Å². The third-order valence-corrected chi connectivity index (χ3v) is 4.82. The fraction of sp³-hybridized carbons (Fsp3) is 0.667. The first kappa shape index (κ1) is 15.8. The highest BCUT2D eigenvalue weighted by molar-refractivity contribution is 6.62. The summed E-state index contributed by atoms with van der Waals surface area (Å²) in [4.78, 5) is 3.91. The predicted molar refractivity (Wildman–Crippen MR) is 78.0 cm³/mol. The van der Waals surface area contributed by atoms with Crippen LogP contribution >= 0.6 is 0 Å². The molecule has 0 saturated carbocycles. The highest BCUT2D eigenvalue weighted by Crippen LogP contribution is 2.37. The molecule has 0 N–H and O–H groups in total. The molecule has 1 unspecified atom stereocenters. The van der Waals surface area contributed by atoms with E-state index in [2.05, 4.69) is 4.98 Å². The molecule has 1 aromatic heterocycles. The van der Waals surface area contributed by atoms with E-state index in [0.29, 0.717) is 18.9 Å². The second kappa shape index (κ2) is 5.25. The van der Waals surface area contributed by atoms with Crippen molar-refractivity contribution in [1.82, 2.24) is 4.98 Å². The Bertz CT molecular complexity index is 549. The Morgan fingerprint density at radius 2 is 1.82 bits per heavy atom. The Morgan fingerprint density at radius 3 is 2.32 bits per heavy atom. The topological polar surface area (TPSA) is 40.6 Å². The van der Waals surface area contributed by atoms with Gasteiger partial charge in [0, 0.05) is 12.5 Å². The van der Waals surface area contributed by atoms with Crippen LogP contribution in [-0.2, 0) is 14.0 Å². The van der Waals surface area contributed by atoms with E-state index >= 15 is 0 Å². The Morgan fingerprint density at radius 1 is 1.18 bits per heavy atom. The zero-order valence-corrected chi connectivity index (χ0v) is 13.3. The maximum atomic E-state index is 14.4. The maximum Gasteiger partial charge on any atom is 0.502 e. The molecule has 2 aliphatic heterocycles. The Labute approximate surface area is 129 Å². The van der Waals surface area contributed by atoms with Crippen molar-refractivity contribution in [1.29, 1.82) is 0 Å². The van der Waals surface area contributed by atoms with Gasteiger partial charge in [-0.25, -0.2) is 9.37 Å². The minimum Gasteiger partial charge on any atom is -0.399 e. The van der Waals surface area contributed by atoms with Gasteiger partial charge in [0.15, 0.2) is 0 Å². The van der Waals surface area contributed by atoms with Crippen LogP contribution in [0.1, 0.15) is 45.7 Å². The molecule has 1 aromatic rings. The molecule has 1 atom stereocenters. The first-order valence-corrected chi connectivity index (χ1v) is 7.50. The first-order valence-electron chi connectivity index (χ1n) is 7.50. The second-order valence-electron chi connectivity index (χ2n) is 6.88. The smallest absolute Gasteiger partial charge is 0.399 e. The molecule has 22 heavy (non-hydrogen) atoms. The largest absolute Gasteiger partial charge is 0.502 e. The number of ether oxygens (including phenoxy) is 1. The molecule has 0 amide bonds. The lowest BCUT2D eigenvalue weighted by Crippen LogP contribution is -2.41. The lowest BCUT2D eigenvalue weighted by atomic mass is 9.79. The second-order valence-corrected chi connectivity index (χ2v) is 6.88. The molecule has 4 nitrogen and oxygen atoms in total. The van der Waals surface area contributed by atoms with Crippen molar-refractivity contribution in [3.8, 4) is 0 Å². The number of aromatic nitrogens is 1. The van der Waals surface area contributed by atoms with Gasteiger partial charge in [0.2, 0.25) is 5.95 Å². The fourth-order valence-electron chi connectivity index (χ4n) is 2.66. The van der Waals surface area contributed by atoms with E-state index in [1.54, 1.807) is 0 Å². The van der Waals surface area contributed by atoms with Crippen molar-refractivity contribution >= 4 is 12.6 Å². The quantitative estimate of drug-likeness (QED) is 0.620. The summed E-state index contributed by atoms with van der Waals surface area (Å²) >= 11 is 0. The summed E-state index contributed by atoms with van der Waals surface area (Å²) in [5.41, 5.74) is -1.20. The zero-order chi connectivity index (χ0) is 16.1. The summed E-state index contributed by atoms with van der Waals surface area (Å²) in [5, 5.41) is 0. The van der Waals surface area contributed by atoms with Gasteiger partial charge in [-0.05, 0) is 40.2 Å². The Balaban J connectivity index is 1.92. The molecular weight excluding hydrogens is 291 g/mol. The molecule has 7 heteroatoms. The van der Waals surface area contributed by atoms with E-state index in [0.717, 1.165) is 6.42 Å². The molecule has 0 aromatic carbocycles. The summed E-state index contributed by atoms with van der Waals surface area (Å²) in [5.74, 6) is -1.62. The van der Waals surface area contributed by atoms with Crippen LogP contribution in [0.5, 0.6) is 0 Å². The van der Waals surface area contributed by atoms with Crippen LogP contribution in [0.25, 0.3) is 0 Å². The van der Waals surface area contributed by atoms with Crippen molar-refractivity contribution < 1.29 is 22.8 Å². The van der Waals surface area contributed by atoms with Crippen molar-refractivity contribution in [3.05, 3.63) is 23.5 Å². The summed E-state index contributed by atoms with van der Waals surface area (Å²) in [6.45, 7) is 8.37. The normalized spacial score (nSPS) is 26.6. The van der Waals surface area contributed by atoms with Crippen LogP contribution in [0.15, 0.2) is 6.07 Å². The highest BCUT2D eigenvalue weighted by atomic mass is 19.1. The minimum absolute atomic E-state index is 0.0589. The zero-order valence-electron chi connectivity index (χ0n) is 13.3. The van der Waals surface area contributed by atoms with Crippen LogP contribution in [0.3, 0.4) is 0 Å². The molecule has 3 rings (SSSR count). The highest BCUT2D eigenvalue weighted by Gasteiger charge is 2.53. The van der Waals surface area contributed by atoms with Gasteiger partial charge in [-0.3, -0.25) is 0 Å². The van der Waals surface area contributed by atoms with E-state index in [9.17, 15) is 8.78 Å². The van der Waals surface area contributed by atoms with Gasteiger partial charge >= 0.3 is 7.12 Å². The number of hydrogen-bond acceptors (Lipinski definition) is 4. The van der Waals surface area contributed by atoms with Crippen LogP contribution in [0.4, 0.5) is 8.78 Å². The SMILES string of the molecule is CC1(C)OB(c2c(F)cc(C3CCOC3)nc2F)OC1(C)C. The molecular formula is C15H20BF2NO3. The number of halogens is 2. The monoisotopic (exact) mass is 311 g/mol. The number of pyridine rings is 1. The molecule has 2 saturated heterocycles. The lowest BCUT2D eigenvalue weighted by molar-refractivity contribution is 0.00578. The van der Waals surface area contributed by atoms with E-state index in [1.807, 2.05) is 27.7 Å². The average Bonchev–Trinajstić information content (AvgIpc) is 2.95. The molecule has 0 aliphatic carbocycles. The molecule has 0 spiro atoms. The van der Waals surface area contributed by atoms with Crippen molar-refractivity contribution in [2.75, 3.05) is 13.2 Å². The molecule has 0 bridgehead atoms. The van der Waals surface area contributed by atoms with Gasteiger partial charge in [0.05, 0.1) is 29.0 Å². The van der Waals surface area contributed by atoms with E-state index in [-0.39, 0.29) is 11.4 Å². The van der Waals surface area contributed by atoms with Gasteiger partial charge < -0.3 is 14.0 Å². The van der Waals surface area contributed by atoms with E-state index in [1.165, 1.54) is 6.07 Å². The van der Waals surface area contributed by atoms with Gasteiger partial charge in [-0.15, -0.1) is 0 Å². The van der Waals surface area contributed by atoms with Crippen LogP contribution in [0.2, 0.25) is 0 Å². The number of hydrogen-bond donors (Lipinski definition) is 0. The molecule has 3 heterocycles. The standard InChI is InChI=1S/C15H20BF2NO3/c1-14(2)15(3,4)22-16(21-14)12-10(17)7-11(19-13(12)18)9-5-6-20-8-9/h7,9H,5-6,8H2,1-4H3. The number of nitrogens with zero attached hydrogens (tertiary/aromatic N) is 1. The van der Waals surface area contributed by atoms with Crippen LogP contribution in [0, 0.1) is 11.8 Å².